The Bertz CT molecular complexity index is 1060. The summed E-state index contributed by atoms with van der Waals surface area (Å²) in [5, 5.41) is 0. The van der Waals surface area contributed by atoms with Crippen LogP contribution in [-0.4, -0.2) is 56.0 Å². The van der Waals surface area contributed by atoms with Gasteiger partial charge in [0, 0.05) is 50.4 Å². The quantitative estimate of drug-likeness (QED) is 0.686. The molecule has 0 amide bonds. The van der Waals surface area contributed by atoms with E-state index in [0.717, 1.165) is 31.7 Å². The number of thiazole rings is 1. The van der Waals surface area contributed by atoms with E-state index >= 15 is 0 Å². The van der Waals surface area contributed by atoms with E-state index in [-0.39, 0.29) is 5.75 Å². The Kier molecular flexibility index (Phi) is 5.31. The van der Waals surface area contributed by atoms with Crippen molar-refractivity contribution in [3.8, 4) is 0 Å². The van der Waals surface area contributed by atoms with Gasteiger partial charge in [0.05, 0.1) is 30.4 Å². The molecule has 0 aliphatic carbocycles. The minimum Gasteiger partial charge on any atom is -0.338 e. The standard InChI is InChI=1S/C19H24N6OS2/c1-3-28(20,26)16-11-21-19(22-12-16)25-8-6-24(7-9-25)14(2)15-4-5-18-17(10-15)23-13-27-18/h4-5,10-14,20H,3,6-9H2,1-2H3/t14-,28-/m0/s1. The van der Waals surface area contributed by atoms with Crippen molar-refractivity contribution in [3.05, 3.63) is 41.7 Å². The Morgan fingerprint density at radius 3 is 2.57 bits per heavy atom. The summed E-state index contributed by atoms with van der Waals surface area (Å²) in [7, 11) is -2.76. The fraction of sp³-hybridized carbons (Fsp3) is 0.421. The summed E-state index contributed by atoms with van der Waals surface area (Å²) < 4.78 is 21.2. The Labute approximate surface area is 169 Å². The number of hydrogen-bond donors (Lipinski definition) is 1. The summed E-state index contributed by atoms with van der Waals surface area (Å²) in [6.45, 7) is 7.51. The summed E-state index contributed by atoms with van der Waals surface area (Å²) >= 11 is 1.67. The van der Waals surface area contributed by atoms with Crippen LogP contribution in [0.4, 0.5) is 5.95 Å². The van der Waals surface area contributed by atoms with Crippen molar-refractivity contribution in [2.24, 2.45) is 0 Å². The van der Waals surface area contributed by atoms with E-state index in [4.69, 9.17) is 4.78 Å². The number of fused-ring (bicyclic) bond motifs is 1. The minimum atomic E-state index is -2.76. The van der Waals surface area contributed by atoms with E-state index in [1.165, 1.54) is 10.3 Å². The number of aromatic nitrogens is 3. The van der Waals surface area contributed by atoms with Gasteiger partial charge in [0.1, 0.15) is 0 Å². The number of nitrogens with one attached hydrogen (secondary N) is 1. The first-order valence-electron chi connectivity index (χ1n) is 9.38. The van der Waals surface area contributed by atoms with Crippen LogP contribution in [-0.2, 0) is 9.73 Å². The molecule has 0 bridgehead atoms. The smallest absolute Gasteiger partial charge is 0.225 e. The van der Waals surface area contributed by atoms with Crippen LogP contribution >= 0.6 is 11.3 Å². The molecule has 1 aliphatic rings. The number of rotatable bonds is 5. The van der Waals surface area contributed by atoms with Crippen molar-refractivity contribution in [3.63, 3.8) is 0 Å². The van der Waals surface area contributed by atoms with Crippen molar-refractivity contribution in [2.75, 3.05) is 36.8 Å². The van der Waals surface area contributed by atoms with Crippen LogP contribution in [0.2, 0.25) is 0 Å². The molecule has 2 aromatic heterocycles. The molecule has 0 radical (unpaired) electrons. The number of benzene rings is 1. The van der Waals surface area contributed by atoms with Gasteiger partial charge in [-0.1, -0.05) is 13.0 Å². The summed E-state index contributed by atoms with van der Waals surface area (Å²) in [6, 6.07) is 6.88. The second-order valence-electron chi connectivity index (χ2n) is 6.96. The molecule has 3 heterocycles. The van der Waals surface area contributed by atoms with Gasteiger partial charge in [-0.3, -0.25) is 4.90 Å². The highest BCUT2D eigenvalue weighted by Crippen LogP contribution is 2.27. The average Bonchev–Trinajstić information content (AvgIpc) is 3.21. The third-order valence-corrected chi connectivity index (χ3v) is 7.98. The number of nitrogens with zero attached hydrogens (tertiary/aromatic N) is 5. The van der Waals surface area contributed by atoms with E-state index in [1.807, 2.05) is 5.51 Å². The lowest BCUT2D eigenvalue weighted by Crippen LogP contribution is -2.47. The van der Waals surface area contributed by atoms with E-state index in [1.54, 1.807) is 30.7 Å². The maximum absolute atomic E-state index is 12.1. The maximum atomic E-state index is 12.1. The third kappa shape index (κ3) is 3.74. The Morgan fingerprint density at radius 2 is 1.89 bits per heavy atom. The van der Waals surface area contributed by atoms with Gasteiger partial charge in [-0.2, -0.15) is 0 Å². The summed E-state index contributed by atoms with van der Waals surface area (Å²) in [5.74, 6) is 0.921. The molecule has 1 aliphatic heterocycles. The highest BCUT2D eigenvalue weighted by molar-refractivity contribution is 7.92. The normalized spacial score (nSPS) is 18.9. The molecule has 1 saturated heterocycles. The zero-order valence-corrected chi connectivity index (χ0v) is 17.7. The SMILES string of the molecule is CC[S@](=N)(=O)c1cnc(N2CCN([C@@H](C)c3ccc4scnc4c3)CC2)nc1. The number of anilines is 1. The first-order valence-corrected chi connectivity index (χ1v) is 12.0. The lowest BCUT2D eigenvalue weighted by molar-refractivity contribution is 0.198. The van der Waals surface area contributed by atoms with Crippen LogP contribution < -0.4 is 4.90 Å². The lowest BCUT2D eigenvalue weighted by atomic mass is 10.1. The van der Waals surface area contributed by atoms with Gasteiger partial charge in [-0.15, -0.1) is 11.3 Å². The van der Waals surface area contributed by atoms with Crippen LogP contribution in [0.15, 0.2) is 41.0 Å². The van der Waals surface area contributed by atoms with Crippen LogP contribution in [0.1, 0.15) is 25.5 Å². The first-order chi connectivity index (χ1) is 13.5. The largest absolute Gasteiger partial charge is 0.338 e. The highest BCUT2D eigenvalue weighted by atomic mass is 32.2. The molecule has 0 spiro atoms. The Morgan fingerprint density at radius 1 is 1.18 bits per heavy atom. The van der Waals surface area contributed by atoms with E-state index in [2.05, 4.69) is 49.9 Å². The minimum absolute atomic E-state index is 0.277. The van der Waals surface area contributed by atoms with Crippen molar-refractivity contribution < 1.29 is 4.21 Å². The van der Waals surface area contributed by atoms with Gasteiger partial charge in [-0.05, 0) is 24.6 Å². The third-order valence-electron chi connectivity index (χ3n) is 5.38. The van der Waals surface area contributed by atoms with Crippen LogP contribution in [0.25, 0.3) is 10.2 Å². The van der Waals surface area contributed by atoms with Crippen molar-refractivity contribution >= 4 is 37.2 Å². The molecule has 2 atom stereocenters. The van der Waals surface area contributed by atoms with Crippen LogP contribution in [0, 0.1) is 4.78 Å². The molecule has 1 aromatic carbocycles. The fourth-order valence-corrected chi connectivity index (χ4v) is 4.90. The monoisotopic (exact) mass is 416 g/mol. The zero-order valence-electron chi connectivity index (χ0n) is 16.0. The van der Waals surface area contributed by atoms with E-state index in [9.17, 15) is 4.21 Å². The maximum Gasteiger partial charge on any atom is 0.225 e. The van der Waals surface area contributed by atoms with Crippen molar-refractivity contribution in [1.29, 1.82) is 4.78 Å². The Hall–Kier alpha value is -2.10. The molecule has 1 N–H and O–H groups in total. The molecule has 148 valence electrons. The molecular weight excluding hydrogens is 392 g/mol. The second-order valence-corrected chi connectivity index (χ2v) is 10.2. The van der Waals surface area contributed by atoms with E-state index < -0.39 is 9.73 Å². The van der Waals surface area contributed by atoms with Gasteiger partial charge < -0.3 is 4.90 Å². The number of piperazine rings is 1. The molecular formula is C19H24N6OS2. The van der Waals surface area contributed by atoms with Gasteiger partial charge in [0.25, 0.3) is 0 Å². The van der Waals surface area contributed by atoms with Crippen LogP contribution in [0.3, 0.4) is 0 Å². The molecule has 7 nitrogen and oxygen atoms in total. The first kappa shape index (κ1) is 19.2. The fourth-order valence-electron chi connectivity index (χ4n) is 3.46. The Balaban J connectivity index is 1.41. The molecule has 28 heavy (non-hydrogen) atoms. The van der Waals surface area contributed by atoms with Crippen molar-refractivity contribution in [1.82, 2.24) is 19.9 Å². The van der Waals surface area contributed by atoms with Gasteiger partial charge in [0.2, 0.25) is 5.95 Å². The zero-order chi connectivity index (χ0) is 19.7. The van der Waals surface area contributed by atoms with Gasteiger partial charge >= 0.3 is 0 Å². The van der Waals surface area contributed by atoms with Gasteiger partial charge in [0.15, 0.2) is 0 Å². The predicted molar refractivity (Wildman–Crippen MR) is 114 cm³/mol. The highest BCUT2D eigenvalue weighted by Gasteiger charge is 2.24. The van der Waals surface area contributed by atoms with Crippen LogP contribution in [0.5, 0.6) is 0 Å². The summed E-state index contributed by atoms with van der Waals surface area (Å²) in [4.78, 5) is 18.2. The lowest BCUT2D eigenvalue weighted by Gasteiger charge is -2.38. The molecule has 3 aromatic rings. The predicted octanol–water partition coefficient (Wildman–Crippen LogP) is 3.40. The molecule has 0 saturated carbocycles. The van der Waals surface area contributed by atoms with E-state index in [0.29, 0.717) is 16.9 Å². The molecule has 9 heteroatoms. The second kappa shape index (κ2) is 7.73. The summed E-state index contributed by atoms with van der Waals surface area (Å²) in [5.41, 5.74) is 4.25. The van der Waals surface area contributed by atoms with Gasteiger partial charge in [-0.25, -0.2) is 23.9 Å². The molecule has 0 unspecified atom stereocenters. The topological polar surface area (TPSA) is 86.1 Å². The summed E-state index contributed by atoms with van der Waals surface area (Å²) in [6.07, 6.45) is 3.08. The molecule has 4 rings (SSSR count). The number of hydrogen-bond acceptors (Lipinski definition) is 8. The average molecular weight is 417 g/mol. The van der Waals surface area contributed by atoms with Crippen molar-refractivity contribution in [2.45, 2.75) is 24.8 Å². The molecule has 1 fully saturated rings.